The number of benzene rings is 1. The Labute approximate surface area is 180 Å². The molecular formula is C21H26ClN5O3. The Bertz CT molecular complexity index is 906. The number of likely N-dealkylation sites (tertiary alicyclic amines) is 1. The molecule has 2 amide bonds. The van der Waals surface area contributed by atoms with Gasteiger partial charge in [0.2, 0.25) is 5.91 Å². The van der Waals surface area contributed by atoms with Crippen LogP contribution in [0.5, 0.6) is 5.75 Å². The summed E-state index contributed by atoms with van der Waals surface area (Å²) in [5.74, 6) is 0.129. The molecule has 1 aromatic heterocycles. The maximum atomic E-state index is 12.8. The van der Waals surface area contributed by atoms with Gasteiger partial charge in [0.25, 0.3) is 5.91 Å². The van der Waals surface area contributed by atoms with Gasteiger partial charge in [0.1, 0.15) is 11.8 Å². The van der Waals surface area contributed by atoms with Crippen LogP contribution in [0.1, 0.15) is 31.2 Å². The number of carbonyl (C=O) groups is 2. The molecule has 3 N–H and O–H groups in total. The van der Waals surface area contributed by atoms with Crippen LogP contribution in [0, 0.1) is 0 Å². The van der Waals surface area contributed by atoms with Gasteiger partial charge in [0.05, 0.1) is 17.6 Å². The molecule has 0 saturated carbocycles. The third-order valence-corrected chi connectivity index (χ3v) is 6.12. The Morgan fingerprint density at radius 1 is 1.30 bits per heavy atom. The first kappa shape index (κ1) is 20.7. The zero-order valence-electron chi connectivity index (χ0n) is 16.9. The summed E-state index contributed by atoms with van der Waals surface area (Å²) in [6, 6.07) is 6.16. The Morgan fingerprint density at radius 2 is 2.03 bits per heavy atom. The quantitative estimate of drug-likeness (QED) is 0.668. The standard InChI is InChI=1S/C21H26ClN5O3/c1-14(26-18(28)12-30-16-4-2-15(22)3-5-16)20(29)27-10-7-21(8-11-27)19-17(6-9-25-21)23-13-24-19/h2-5,13-14,25H,6-12H2,1H3,(H,23,24)(H,26,28)/t14-/m0/s1. The van der Waals surface area contributed by atoms with Crippen molar-refractivity contribution in [3.05, 3.63) is 47.0 Å². The fourth-order valence-electron chi connectivity index (χ4n) is 4.26. The van der Waals surface area contributed by atoms with Crippen molar-refractivity contribution in [2.75, 3.05) is 26.2 Å². The number of piperidine rings is 1. The van der Waals surface area contributed by atoms with Gasteiger partial charge in [-0.3, -0.25) is 9.59 Å². The minimum absolute atomic E-state index is 0.0808. The van der Waals surface area contributed by atoms with Gasteiger partial charge in [-0.05, 0) is 44.0 Å². The highest BCUT2D eigenvalue weighted by atomic mass is 35.5. The minimum Gasteiger partial charge on any atom is -0.484 e. The summed E-state index contributed by atoms with van der Waals surface area (Å²) in [6.07, 6.45) is 4.30. The molecule has 30 heavy (non-hydrogen) atoms. The maximum absolute atomic E-state index is 12.8. The van der Waals surface area contributed by atoms with Crippen LogP contribution >= 0.6 is 11.6 Å². The van der Waals surface area contributed by atoms with E-state index in [1.54, 1.807) is 37.5 Å². The summed E-state index contributed by atoms with van der Waals surface area (Å²) >= 11 is 5.83. The van der Waals surface area contributed by atoms with Gasteiger partial charge in [-0.1, -0.05) is 11.6 Å². The first-order valence-electron chi connectivity index (χ1n) is 10.2. The highest BCUT2D eigenvalue weighted by molar-refractivity contribution is 6.30. The zero-order chi connectivity index (χ0) is 21.1. The van der Waals surface area contributed by atoms with Gasteiger partial charge >= 0.3 is 0 Å². The molecule has 8 nitrogen and oxygen atoms in total. The van der Waals surface area contributed by atoms with Crippen molar-refractivity contribution in [2.45, 2.75) is 37.8 Å². The summed E-state index contributed by atoms with van der Waals surface area (Å²) in [5, 5.41) is 6.94. The fourth-order valence-corrected chi connectivity index (χ4v) is 4.38. The van der Waals surface area contributed by atoms with E-state index in [2.05, 4.69) is 20.6 Å². The molecule has 0 radical (unpaired) electrons. The van der Waals surface area contributed by atoms with Gasteiger partial charge in [-0.2, -0.15) is 0 Å². The number of rotatable bonds is 5. The van der Waals surface area contributed by atoms with Crippen molar-refractivity contribution in [2.24, 2.45) is 0 Å². The molecule has 1 fully saturated rings. The van der Waals surface area contributed by atoms with Crippen molar-refractivity contribution < 1.29 is 14.3 Å². The largest absolute Gasteiger partial charge is 0.484 e. The summed E-state index contributed by atoms with van der Waals surface area (Å²) in [6.45, 7) is 3.70. The van der Waals surface area contributed by atoms with Gasteiger partial charge in [-0.15, -0.1) is 0 Å². The van der Waals surface area contributed by atoms with E-state index >= 15 is 0 Å². The molecular weight excluding hydrogens is 406 g/mol. The number of nitrogens with zero attached hydrogens (tertiary/aromatic N) is 2. The first-order chi connectivity index (χ1) is 14.5. The van der Waals surface area contributed by atoms with E-state index in [9.17, 15) is 9.59 Å². The number of carbonyl (C=O) groups excluding carboxylic acids is 2. The topological polar surface area (TPSA) is 99.4 Å². The molecule has 0 bridgehead atoms. The van der Waals surface area contributed by atoms with Crippen LogP contribution in [-0.4, -0.2) is 59.0 Å². The lowest BCUT2D eigenvalue weighted by Crippen LogP contribution is -2.57. The Morgan fingerprint density at radius 3 is 2.77 bits per heavy atom. The molecule has 2 aromatic rings. The summed E-state index contributed by atoms with van der Waals surface area (Å²) < 4.78 is 5.44. The SMILES string of the molecule is C[C@H](NC(=O)COc1ccc(Cl)cc1)C(=O)N1CCC2(CC1)NCCc1[nH]cnc12. The lowest BCUT2D eigenvalue weighted by Gasteiger charge is -2.44. The van der Waals surface area contributed by atoms with E-state index < -0.39 is 6.04 Å². The second-order valence-electron chi connectivity index (χ2n) is 7.85. The van der Waals surface area contributed by atoms with Crippen LogP contribution in [0.3, 0.4) is 0 Å². The van der Waals surface area contributed by atoms with Crippen molar-refractivity contribution in [1.29, 1.82) is 0 Å². The monoisotopic (exact) mass is 431 g/mol. The fraction of sp³-hybridized carbons (Fsp3) is 0.476. The lowest BCUT2D eigenvalue weighted by atomic mass is 9.80. The molecule has 1 saturated heterocycles. The van der Waals surface area contributed by atoms with Crippen LogP contribution < -0.4 is 15.4 Å². The molecule has 1 atom stereocenters. The number of halogens is 1. The zero-order valence-corrected chi connectivity index (χ0v) is 17.7. The van der Waals surface area contributed by atoms with Crippen molar-refractivity contribution in [3.8, 4) is 5.75 Å². The molecule has 0 unspecified atom stereocenters. The molecule has 2 aliphatic rings. The van der Waals surface area contributed by atoms with E-state index in [0.717, 1.165) is 31.5 Å². The van der Waals surface area contributed by atoms with E-state index in [4.69, 9.17) is 16.3 Å². The Balaban J connectivity index is 1.27. The molecule has 4 rings (SSSR count). The third kappa shape index (κ3) is 4.29. The van der Waals surface area contributed by atoms with E-state index in [1.807, 2.05) is 4.90 Å². The van der Waals surface area contributed by atoms with E-state index in [1.165, 1.54) is 5.69 Å². The summed E-state index contributed by atoms with van der Waals surface area (Å²) in [4.78, 5) is 34.6. The average molecular weight is 432 g/mol. The van der Waals surface area contributed by atoms with Crippen molar-refractivity contribution in [1.82, 2.24) is 25.5 Å². The number of aromatic amines is 1. The van der Waals surface area contributed by atoms with E-state index in [-0.39, 0.29) is 24.0 Å². The molecule has 1 aromatic carbocycles. The third-order valence-electron chi connectivity index (χ3n) is 5.87. The van der Waals surface area contributed by atoms with E-state index in [0.29, 0.717) is 23.9 Å². The second kappa shape index (κ2) is 8.65. The van der Waals surface area contributed by atoms with Crippen LogP contribution in [0.4, 0.5) is 0 Å². The highest BCUT2D eigenvalue weighted by Gasteiger charge is 2.42. The minimum atomic E-state index is -0.611. The predicted octanol–water partition coefficient (Wildman–Crippen LogP) is 1.61. The number of aromatic nitrogens is 2. The van der Waals surface area contributed by atoms with Crippen LogP contribution in [0.15, 0.2) is 30.6 Å². The molecule has 3 heterocycles. The molecule has 160 valence electrons. The number of nitrogens with one attached hydrogen (secondary N) is 3. The summed E-state index contributed by atoms with van der Waals surface area (Å²) in [7, 11) is 0. The Kier molecular flexibility index (Phi) is 5.97. The van der Waals surface area contributed by atoms with Crippen LogP contribution in [0.2, 0.25) is 5.02 Å². The molecule has 2 aliphatic heterocycles. The molecule has 1 spiro atoms. The average Bonchev–Trinajstić information content (AvgIpc) is 3.24. The van der Waals surface area contributed by atoms with Gasteiger partial charge in [0, 0.05) is 36.8 Å². The number of amides is 2. The smallest absolute Gasteiger partial charge is 0.258 e. The number of imidazole rings is 1. The van der Waals surface area contributed by atoms with Gasteiger partial charge < -0.3 is 25.3 Å². The molecule has 0 aliphatic carbocycles. The molecule has 9 heteroatoms. The second-order valence-corrected chi connectivity index (χ2v) is 8.28. The van der Waals surface area contributed by atoms with Gasteiger partial charge in [-0.25, -0.2) is 4.98 Å². The maximum Gasteiger partial charge on any atom is 0.258 e. The number of fused-ring (bicyclic) bond motifs is 2. The number of hydrogen-bond acceptors (Lipinski definition) is 5. The summed E-state index contributed by atoms with van der Waals surface area (Å²) in [5.41, 5.74) is 2.11. The van der Waals surface area contributed by atoms with Crippen molar-refractivity contribution in [3.63, 3.8) is 0 Å². The first-order valence-corrected chi connectivity index (χ1v) is 10.6. The van der Waals surface area contributed by atoms with Gasteiger partial charge in [0.15, 0.2) is 6.61 Å². The van der Waals surface area contributed by atoms with Crippen LogP contribution in [0.25, 0.3) is 0 Å². The van der Waals surface area contributed by atoms with Crippen LogP contribution in [-0.2, 0) is 21.5 Å². The highest BCUT2D eigenvalue weighted by Crippen LogP contribution is 2.35. The normalized spacial score (nSPS) is 18.5. The number of ether oxygens (including phenoxy) is 1. The van der Waals surface area contributed by atoms with Crippen molar-refractivity contribution >= 4 is 23.4 Å². The Hall–Kier alpha value is -2.58. The lowest BCUT2D eigenvalue weighted by molar-refractivity contribution is -0.138. The number of hydrogen-bond donors (Lipinski definition) is 3. The predicted molar refractivity (Wildman–Crippen MR) is 112 cm³/mol. The number of H-pyrrole nitrogens is 1.